The fourth-order valence-corrected chi connectivity index (χ4v) is 5.88. The third kappa shape index (κ3) is 3.69. The number of aromatic nitrogens is 6. The Morgan fingerprint density at radius 2 is 2.00 bits per heavy atom. The van der Waals surface area contributed by atoms with Crippen molar-refractivity contribution in [3.63, 3.8) is 0 Å². The Hall–Kier alpha value is -2.53. The highest BCUT2D eigenvalue weighted by atomic mass is 35.5. The number of nitrogens with zero attached hydrogens (tertiary/aromatic N) is 7. The highest BCUT2D eigenvalue weighted by molar-refractivity contribution is 7.99. The molecule has 9 nitrogen and oxygen atoms in total. The van der Waals surface area contributed by atoms with Gasteiger partial charge in [-0.1, -0.05) is 25.4 Å². The number of H-pyrrole nitrogens is 1. The lowest BCUT2D eigenvalue weighted by molar-refractivity contribution is -0.0211. The molecule has 2 aliphatic heterocycles. The van der Waals surface area contributed by atoms with Gasteiger partial charge in [-0.2, -0.15) is 0 Å². The lowest BCUT2D eigenvalue weighted by atomic mass is 9.80. The van der Waals surface area contributed by atoms with Crippen LogP contribution < -0.4 is 10.6 Å². The molecule has 0 saturated carbocycles. The molecular formula is C23H26ClN9S. The van der Waals surface area contributed by atoms with E-state index in [-0.39, 0.29) is 5.41 Å². The summed E-state index contributed by atoms with van der Waals surface area (Å²) in [5, 5.41) is 2.27. The Morgan fingerprint density at radius 3 is 2.76 bits per heavy atom. The van der Waals surface area contributed by atoms with Crippen LogP contribution in [0.1, 0.15) is 19.5 Å². The van der Waals surface area contributed by atoms with Gasteiger partial charge in [-0.25, -0.2) is 19.9 Å². The van der Waals surface area contributed by atoms with E-state index in [1.54, 1.807) is 18.6 Å². The van der Waals surface area contributed by atoms with Crippen LogP contribution in [-0.2, 0) is 6.42 Å². The van der Waals surface area contributed by atoms with Crippen LogP contribution in [0.4, 0.5) is 5.82 Å². The molecule has 4 aromatic rings. The number of likely N-dealkylation sites (tertiary alicyclic amines) is 1. The number of hydrogen-bond acceptors (Lipinski definition) is 9. The lowest BCUT2D eigenvalue weighted by Crippen LogP contribution is -2.69. The predicted octanol–water partition coefficient (Wildman–Crippen LogP) is 3.13. The minimum absolute atomic E-state index is 0.255. The molecule has 2 fully saturated rings. The van der Waals surface area contributed by atoms with Crippen molar-refractivity contribution in [1.29, 1.82) is 0 Å². The highest BCUT2D eigenvalue weighted by Gasteiger charge is 2.45. The van der Waals surface area contributed by atoms with Crippen LogP contribution in [0, 0.1) is 5.41 Å². The van der Waals surface area contributed by atoms with Gasteiger partial charge >= 0.3 is 0 Å². The fraction of sp³-hybridized carbons (Fsp3) is 0.435. The Labute approximate surface area is 206 Å². The van der Waals surface area contributed by atoms with E-state index in [1.165, 1.54) is 11.8 Å². The van der Waals surface area contributed by atoms with Crippen LogP contribution in [0.2, 0.25) is 5.02 Å². The third-order valence-corrected chi connectivity index (χ3v) is 8.07. The summed E-state index contributed by atoms with van der Waals surface area (Å²) in [6, 6.07) is 2.48. The minimum Gasteiger partial charge on any atom is -0.353 e. The molecule has 0 bridgehead atoms. The van der Waals surface area contributed by atoms with E-state index in [4.69, 9.17) is 27.3 Å². The predicted molar refractivity (Wildman–Crippen MR) is 134 cm³/mol. The maximum Gasteiger partial charge on any atom is 0.196 e. The Bertz CT molecular complexity index is 1380. The molecule has 34 heavy (non-hydrogen) atoms. The van der Waals surface area contributed by atoms with Gasteiger partial charge < -0.3 is 15.6 Å². The van der Waals surface area contributed by atoms with Crippen molar-refractivity contribution in [2.24, 2.45) is 11.1 Å². The van der Waals surface area contributed by atoms with Gasteiger partial charge in [0.15, 0.2) is 10.8 Å². The number of hydrogen-bond donors (Lipinski definition) is 2. The normalized spacial score (nSPS) is 18.4. The summed E-state index contributed by atoms with van der Waals surface area (Å²) in [5.74, 6) is 0.889. The Kier molecular flexibility index (Phi) is 5.36. The van der Waals surface area contributed by atoms with Gasteiger partial charge in [0.1, 0.15) is 17.0 Å². The number of pyridine rings is 1. The van der Waals surface area contributed by atoms with Crippen LogP contribution in [0.25, 0.3) is 22.2 Å². The molecule has 6 heterocycles. The van der Waals surface area contributed by atoms with E-state index in [0.29, 0.717) is 16.8 Å². The number of aryl methyl sites for hydroxylation is 1. The van der Waals surface area contributed by atoms with E-state index < -0.39 is 0 Å². The zero-order valence-electron chi connectivity index (χ0n) is 19.1. The molecule has 0 radical (unpaired) electrons. The lowest BCUT2D eigenvalue weighted by Gasteiger charge is -2.56. The van der Waals surface area contributed by atoms with E-state index >= 15 is 0 Å². The van der Waals surface area contributed by atoms with E-state index in [1.807, 2.05) is 6.07 Å². The zero-order valence-corrected chi connectivity index (χ0v) is 20.7. The SMILES string of the molecule is CCc1[nH]c2nc(Sc3cnc4nccnc4c3)nc(N3CC(N4CC(C)(CN)C4)C3)c2c1Cl. The van der Waals surface area contributed by atoms with Crippen molar-refractivity contribution in [2.45, 2.75) is 36.4 Å². The topological polar surface area (TPSA) is 113 Å². The molecule has 0 amide bonds. The molecule has 11 heteroatoms. The summed E-state index contributed by atoms with van der Waals surface area (Å²) in [4.78, 5) is 31.9. The molecular weight excluding hydrogens is 470 g/mol. The molecule has 2 saturated heterocycles. The van der Waals surface area contributed by atoms with Gasteiger partial charge in [-0.3, -0.25) is 9.88 Å². The van der Waals surface area contributed by atoms with Crippen LogP contribution in [0.15, 0.2) is 34.7 Å². The first-order valence-electron chi connectivity index (χ1n) is 11.5. The number of nitrogens with one attached hydrogen (secondary N) is 1. The highest BCUT2D eigenvalue weighted by Crippen LogP contribution is 2.40. The summed E-state index contributed by atoms with van der Waals surface area (Å²) < 4.78 is 0. The van der Waals surface area contributed by atoms with E-state index in [0.717, 1.165) is 77.1 Å². The first-order valence-corrected chi connectivity index (χ1v) is 12.7. The van der Waals surface area contributed by atoms with Gasteiger partial charge in [0.2, 0.25) is 0 Å². The first kappa shape index (κ1) is 22.0. The van der Waals surface area contributed by atoms with Crippen molar-refractivity contribution in [3.05, 3.63) is 35.4 Å². The second-order valence-corrected chi connectivity index (χ2v) is 10.9. The van der Waals surface area contributed by atoms with Crippen LogP contribution >= 0.6 is 23.4 Å². The molecule has 2 aliphatic rings. The molecule has 6 rings (SSSR count). The van der Waals surface area contributed by atoms with Crippen molar-refractivity contribution in [1.82, 2.24) is 34.8 Å². The van der Waals surface area contributed by atoms with Gasteiger partial charge in [0.05, 0.1) is 10.4 Å². The zero-order chi connectivity index (χ0) is 23.4. The van der Waals surface area contributed by atoms with Gasteiger partial charge in [0.25, 0.3) is 0 Å². The average molecular weight is 496 g/mol. The van der Waals surface area contributed by atoms with Crippen molar-refractivity contribution in [3.8, 4) is 0 Å². The van der Waals surface area contributed by atoms with E-state index in [9.17, 15) is 0 Å². The van der Waals surface area contributed by atoms with Crippen molar-refractivity contribution < 1.29 is 0 Å². The quantitative estimate of drug-likeness (QED) is 0.389. The summed E-state index contributed by atoms with van der Waals surface area (Å²) in [7, 11) is 0. The summed E-state index contributed by atoms with van der Waals surface area (Å²) >= 11 is 8.23. The summed E-state index contributed by atoms with van der Waals surface area (Å²) in [6.07, 6.45) is 5.90. The Balaban J connectivity index is 1.30. The molecule has 0 aromatic carbocycles. The van der Waals surface area contributed by atoms with Crippen molar-refractivity contribution >= 4 is 51.4 Å². The van der Waals surface area contributed by atoms with Crippen LogP contribution in [0.5, 0.6) is 0 Å². The summed E-state index contributed by atoms with van der Waals surface area (Å²) in [6.45, 7) is 9.05. The number of fused-ring (bicyclic) bond motifs is 2. The number of aromatic amines is 1. The third-order valence-electron chi connectivity index (χ3n) is 6.83. The van der Waals surface area contributed by atoms with E-state index in [2.05, 4.69) is 43.6 Å². The minimum atomic E-state index is 0.255. The van der Waals surface area contributed by atoms with Gasteiger partial charge in [-0.05, 0) is 24.2 Å². The van der Waals surface area contributed by atoms with Gasteiger partial charge in [-0.15, -0.1) is 0 Å². The molecule has 0 unspecified atom stereocenters. The molecule has 0 spiro atoms. The first-order chi connectivity index (χ1) is 16.5. The standard InChI is InChI=1S/C23H26ClN9S/c1-3-15-18(24)17-20(29-15)30-22(34-14-6-16-19(28-7-14)27-5-4-26-16)31-21(17)32-8-13(9-32)33-11-23(2,10-25)12-33/h4-7,13H,3,8-12,25H2,1-2H3,(H,29,30,31). The molecule has 4 aromatic heterocycles. The van der Waals surface area contributed by atoms with Gasteiger partial charge in [0, 0.05) is 73.4 Å². The average Bonchev–Trinajstić information content (AvgIpc) is 3.12. The fourth-order valence-electron chi connectivity index (χ4n) is 4.77. The van der Waals surface area contributed by atoms with Crippen LogP contribution in [0.3, 0.4) is 0 Å². The second kappa shape index (κ2) is 8.30. The molecule has 0 atom stereocenters. The second-order valence-electron chi connectivity index (χ2n) is 9.48. The summed E-state index contributed by atoms with van der Waals surface area (Å²) in [5.41, 5.74) is 9.30. The molecule has 176 valence electrons. The van der Waals surface area contributed by atoms with Crippen LogP contribution in [-0.4, -0.2) is 73.6 Å². The number of anilines is 1. The largest absolute Gasteiger partial charge is 0.353 e. The molecule has 0 aliphatic carbocycles. The van der Waals surface area contributed by atoms with Crippen molar-refractivity contribution in [2.75, 3.05) is 37.6 Å². The smallest absolute Gasteiger partial charge is 0.196 e. The monoisotopic (exact) mass is 495 g/mol. The number of rotatable bonds is 6. The number of halogens is 1. The Morgan fingerprint density at radius 1 is 1.21 bits per heavy atom. The number of nitrogens with two attached hydrogens (primary N) is 1. The maximum absolute atomic E-state index is 6.76. The molecule has 3 N–H and O–H groups in total. The maximum atomic E-state index is 6.76.